The molecule has 1 aromatic heterocycles. The molecule has 4 heteroatoms. The maximum absolute atomic E-state index is 8.89. The molecule has 1 heterocycles. The number of hydrogen-bond donors (Lipinski definition) is 0. The highest BCUT2D eigenvalue weighted by atomic mass is 16.5. The standard InChI is InChI=1S/C16H17N3O/c1-19(16-11-14(12-17)7-9-18-16)10-8-13-3-5-15(20-2)6-4-13/h3-7,9,11H,8,10H2,1-2H3. The minimum absolute atomic E-state index is 0.631. The topological polar surface area (TPSA) is 49.1 Å². The fourth-order valence-corrected chi connectivity index (χ4v) is 1.90. The molecular formula is C16H17N3O. The lowest BCUT2D eigenvalue weighted by atomic mass is 10.1. The highest BCUT2D eigenvalue weighted by Crippen LogP contribution is 2.14. The summed E-state index contributed by atoms with van der Waals surface area (Å²) in [6.45, 7) is 0.841. The van der Waals surface area contributed by atoms with Gasteiger partial charge in [0.25, 0.3) is 0 Å². The fraction of sp³-hybridized carbons (Fsp3) is 0.250. The number of likely N-dealkylation sites (N-methyl/N-ethyl adjacent to an activating group) is 1. The van der Waals surface area contributed by atoms with Gasteiger partial charge in [-0.05, 0) is 36.2 Å². The summed E-state index contributed by atoms with van der Waals surface area (Å²) in [5, 5.41) is 8.89. The number of aromatic nitrogens is 1. The molecule has 0 aliphatic rings. The summed E-state index contributed by atoms with van der Waals surface area (Å²) in [5.74, 6) is 1.68. The van der Waals surface area contributed by atoms with E-state index in [1.807, 2.05) is 24.1 Å². The van der Waals surface area contributed by atoms with E-state index < -0.39 is 0 Å². The summed E-state index contributed by atoms with van der Waals surface area (Å²) in [5.41, 5.74) is 1.88. The van der Waals surface area contributed by atoms with E-state index >= 15 is 0 Å². The fourth-order valence-electron chi connectivity index (χ4n) is 1.90. The molecule has 0 aliphatic heterocycles. The van der Waals surface area contributed by atoms with Gasteiger partial charge in [-0.25, -0.2) is 4.98 Å². The largest absolute Gasteiger partial charge is 0.497 e. The van der Waals surface area contributed by atoms with Crippen LogP contribution in [0.25, 0.3) is 0 Å². The molecule has 0 radical (unpaired) electrons. The molecule has 0 bridgehead atoms. The van der Waals surface area contributed by atoms with Crippen molar-refractivity contribution < 1.29 is 4.74 Å². The lowest BCUT2D eigenvalue weighted by Gasteiger charge is -2.18. The molecule has 102 valence electrons. The van der Waals surface area contributed by atoms with Gasteiger partial charge in [0.1, 0.15) is 11.6 Å². The van der Waals surface area contributed by atoms with Gasteiger partial charge in [-0.3, -0.25) is 0 Å². The van der Waals surface area contributed by atoms with Gasteiger partial charge in [-0.2, -0.15) is 5.26 Å². The summed E-state index contributed by atoms with van der Waals surface area (Å²) in [4.78, 5) is 6.33. The van der Waals surface area contributed by atoms with E-state index in [2.05, 4.69) is 23.2 Å². The Morgan fingerprint density at radius 2 is 2.00 bits per heavy atom. The highest BCUT2D eigenvalue weighted by molar-refractivity contribution is 5.44. The SMILES string of the molecule is COc1ccc(CCN(C)c2cc(C#N)ccn2)cc1. The van der Waals surface area contributed by atoms with Crippen molar-refractivity contribution in [3.05, 3.63) is 53.7 Å². The Morgan fingerprint density at radius 1 is 1.25 bits per heavy atom. The Morgan fingerprint density at radius 3 is 2.65 bits per heavy atom. The second-order valence-corrected chi connectivity index (χ2v) is 4.53. The van der Waals surface area contributed by atoms with Gasteiger partial charge in [0.05, 0.1) is 18.7 Å². The number of nitrogens with zero attached hydrogens (tertiary/aromatic N) is 3. The van der Waals surface area contributed by atoms with Crippen LogP contribution in [0.2, 0.25) is 0 Å². The van der Waals surface area contributed by atoms with Crippen LogP contribution in [0, 0.1) is 11.3 Å². The van der Waals surface area contributed by atoms with E-state index in [0.29, 0.717) is 5.56 Å². The zero-order valence-electron chi connectivity index (χ0n) is 11.7. The van der Waals surface area contributed by atoms with Crippen molar-refractivity contribution in [3.63, 3.8) is 0 Å². The zero-order valence-corrected chi connectivity index (χ0v) is 11.7. The third-order valence-corrected chi connectivity index (χ3v) is 3.16. The summed E-state index contributed by atoms with van der Waals surface area (Å²) < 4.78 is 5.14. The van der Waals surface area contributed by atoms with Gasteiger partial charge in [0, 0.05) is 19.8 Å². The minimum atomic E-state index is 0.631. The first-order valence-corrected chi connectivity index (χ1v) is 6.43. The van der Waals surface area contributed by atoms with E-state index in [-0.39, 0.29) is 0 Å². The lowest BCUT2D eigenvalue weighted by Crippen LogP contribution is -2.21. The predicted octanol–water partition coefficient (Wildman–Crippen LogP) is 2.64. The predicted molar refractivity (Wildman–Crippen MR) is 78.9 cm³/mol. The van der Waals surface area contributed by atoms with Crippen LogP contribution in [0.5, 0.6) is 5.75 Å². The molecule has 0 aliphatic carbocycles. The first-order valence-electron chi connectivity index (χ1n) is 6.43. The van der Waals surface area contributed by atoms with Crippen molar-refractivity contribution in [1.29, 1.82) is 5.26 Å². The Bertz CT molecular complexity index is 602. The Kier molecular flexibility index (Phi) is 4.56. The normalized spacial score (nSPS) is 9.85. The minimum Gasteiger partial charge on any atom is -0.497 e. The van der Waals surface area contributed by atoms with Crippen molar-refractivity contribution in [1.82, 2.24) is 4.98 Å². The lowest BCUT2D eigenvalue weighted by molar-refractivity contribution is 0.414. The molecule has 0 N–H and O–H groups in total. The molecule has 0 unspecified atom stereocenters. The number of rotatable bonds is 5. The summed E-state index contributed by atoms with van der Waals surface area (Å²) in [6.07, 6.45) is 2.58. The quantitative estimate of drug-likeness (QED) is 0.835. The van der Waals surface area contributed by atoms with Crippen LogP contribution < -0.4 is 9.64 Å². The summed E-state index contributed by atoms with van der Waals surface area (Å²) in [6, 6.07) is 13.7. The van der Waals surface area contributed by atoms with Gasteiger partial charge < -0.3 is 9.64 Å². The number of pyridine rings is 1. The van der Waals surface area contributed by atoms with E-state index in [1.54, 1.807) is 25.4 Å². The Labute approximate surface area is 119 Å². The Balaban J connectivity index is 1.97. The van der Waals surface area contributed by atoms with Gasteiger partial charge in [0.15, 0.2) is 0 Å². The molecule has 0 fully saturated rings. The van der Waals surface area contributed by atoms with Crippen LogP contribution in [0.4, 0.5) is 5.82 Å². The molecule has 20 heavy (non-hydrogen) atoms. The van der Waals surface area contributed by atoms with Gasteiger partial charge in [-0.15, -0.1) is 0 Å². The second kappa shape index (κ2) is 6.58. The van der Waals surface area contributed by atoms with E-state index in [4.69, 9.17) is 10.00 Å². The van der Waals surface area contributed by atoms with E-state index in [0.717, 1.165) is 24.5 Å². The van der Waals surface area contributed by atoms with Crippen molar-refractivity contribution in [2.75, 3.05) is 25.6 Å². The second-order valence-electron chi connectivity index (χ2n) is 4.53. The van der Waals surface area contributed by atoms with Crippen molar-refractivity contribution in [3.8, 4) is 11.8 Å². The van der Waals surface area contributed by atoms with E-state index in [9.17, 15) is 0 Å². The number of hydrogen-bond acceptors (Lipinski definition) is 4. The van der Waals surface area contributed by atoms with Crippen molar-refractivity contribution in [2.24, 2.45) is 0 Å². The van der Waals surface area contributed by atoms with Crippen LogP contribution in [-0.4, -0.2) is 25.7 Å². The van der Waals surface area contributed by atoms with Gasteiger partial charge >= 0.3 is 0 Å². The number of ether oxygens (including phenoxy) is 1. The Hall–Kier alpha value is -2.54. The van der Waals surface area contributed by atoms with Crippen LogP contribution in [0.3, 0.4) is 0 Å². The first kappa shape index (κ1) is 13.9. The van der Waals surface area contributed by atoms with Crippen LogP contribution in [-0.2, 0) is 6.42 Å². The van der Waals surface area contributed by atoms with Gasteiger partial charge in [0.2, 0.25) is 0 Å². The molecule has 0 amide bonds. The number of benzene rings is 1. The first-order chi connectivity index (χ1) is 9.72. The average Bonchev–Trinajstić information content (AvgIpc) is 2.53. The third kappa shape index (κ3) is 3.48. The van der Waals surface area contributed by atoms with Crippen LogP contribution in [0.1, 0.15) is 11.1 Å². The van der Waals surface area contributed by atoms with Crippen molar-refractivity contribution >= 4 is 5.82 Å². The smallest absolute Gasteiger partial charge is 0.129 e. The molecule has 1 aromatic carbocycles. The maximum Gasteiger partial charge on any atom is 0.129 e. The molecule has 0 saturated heterocycles. The summed E-state index contributed by atoms with van der Waals surface area (Å²) >= 11 is 0. The molecule has 0 spiro atoms. The average molecular weight is 267 g/mol. The third-order valence-electron chi connectivity index (χ3n) is 3.16. The molecular weight excluding hydrogens is 250 g/mol. The van der Waals surface area contributed by atoms with Gasteiger partial charge in [-0.1, -0.05) is 12.1 Å². The number of methoxy groups -OCH3 is 1. The molecule has 2 aromatic rings. The number of nitriles is 1. The maximum atomic E-state index is 8.89. The number of anilines is 1. The monoisotopic (exact) mass is 267 g/mol. The van der Waals surface area contributed by atoms with Crippen LogP contribution >= 0.6 is 0 Å². The molecule has 0 saturated carbocycles. The summed E-state index contributed by atoms with van der Waals surface area (Å²) in [7, 11) is 3.64. The highest BCUT2D eigenvalue weighted by Gasteiger charge is 2.04. The van der Waals surface area contributed by atoms with Crippen LogP contribution in [0.15, 0.2) is 42.6 Å². The zero-order chi connectivity index (χ0) is 14.4. The van der Waals surface area contributed by atoms with E-state index in [1.165, 1.54) is 5.56 Å². The molecule has 2 rings (SSSR count). The molecule has 0 atom stereocenters. The van der Waals surface area contributed by atoms with Crippen molar-refractivity contribution in [2.45, 2.75) is 6.42 Å². The molecule has 4 nitrogen and oxygen atoms in total.